The van der Waals surface area contributed by atoms with Crippen molar-refractivity contribution in [2.24, 2.45) is 17.6 Å². The number of rotatable bonds is 6. The molecule has 0 aromatic carbocycles. The number of nitrogens with one attached hydrogen (secondary N) is 1. The molecule has 2 atom stereocenters. The molecule has 0 amide bonds. The maximum atomic E-state index is 5.78. The summed E-state index contributed by atoms with van der Waals surface area (Å²) in [4.78, 5) is 0. The van der Waals surface area contributed by atoms with Crippen LogP contribution in [0.3, 0.4) is 0 Å². The Morgan fingerprint density at radius 2 is 2.08 bits per heavy atom. The van der Waals surface area contributed by atoms with E-state index in [2.05, 4.69) is 19.2 Å². The second kappa shape index (κ2) is 5.61. The lowest BCUT2D eigenvalue weighted by Gasteiger charge is -2.25. The minimum atomic E-state index is 0.316. The second-order valence-electron chi connectivity index (χ2n) is 4.63. The molecule has 78 valence electrons. The molecular formula is C11H24N2. The van der Waals surface area contributed by atoms with Crippen LogP contribution in [0.25, 0.3) is 0 Å². The minimum absolute atomic E-state index is 0.316. The quantitative estimate of drug-likeness (QED) is 0.617. The first-order chi connectivity index (χ1) is 6.20. The van der Waals surface area contributed by atoms with Crippen molar-refractivity contribution in [1.29, 1.82) is 0 Å². The first-order valence-corrected chi connectivity index (χ1v) is 5.66. The summed E-state index contributed by atoms with van der Waals surface area (Å²) >= 11 is 0. The minimum Gasteiger partial charge on any atom is -0.328 e. The van der Waals surface area contributed by atoms with Crippen molar-refractivity contribution in [2.45, 2.75) is 45.6 Å². The number of hydrogen-bond acceptors (Lipinski definition) is 2. The number of hydrogen-bond donors (Lipinski definition) is 2. The zero-order valence-corrected chi connectivity index (χ0v) is 9.05. The van der Waals surface area contributed by atoms with Crippen LogP contribution < -0.4 is 11.1 Å². The molecule has 0 aliphatic heterocycles. The third kappa shape index (κ3) is 4.10. The van der Waals surface area contributed by atoms with E-state index in [1.165, 1.54) is 32.2 Å². The van der Waals surface area contributed by atoms with Crippen LogP contribution in [0, 0.1) is 11.8 Å². The molecule has 1 fully saturated rings. The lowest BCUT2D eigenvalue weighted by Crippen LogP contribution is -2.34. The largest absolute Gasteiger partial charge is 0.328 e. The zero-order chi connectivity index (χ0) is 9.68. The molecule has 1 aliphatic carbocycles. The van der Waals surface area contributed by atoms with Crippen LogP contribution in [0.2, 0.25) is 0 Å². The highest BCUT2D eigenvalue weighted by molar-refractivity contribution is 4.71. The lowest BCUT2D eigenvalue weighted by molar-refractivity contribution is 0.289. The Labute approximate surface area is 82.3 Å². The van der Waals surface area contributed by atoms with Crippen LogP contribution >= 0.6 is 0 Å². The first-order valence-electron chi connectivity index (χ1n) is 5.66. The molecule has 1 aliphatic rings. The molecule has 0 bridgehead atoms. The Morgan fingerprint density at radius 3 is 2.54 bits per heavy atom. The monoisotopic (exact) mass is 184 g/mol. The fraction of sp³-hybridized carbons (Fsp3) is 1.00. The van der Waals surface area contributed by atoms with Crippen LogP contribution in [0.4, 0.5) is 0 Å². The van der Waals surface area contributed by atoms with Gasteiger partial charge in [0.1, 0.15) is 0 Å². The Hall–Kier alpha value is -0.0800. The van der Waals surface area contributed by atoms with Gasteiger partial charge in [-0.15, -0.1) is 0 Å². The van der Waals surface area contributed by atoms with E-state index >= 15 is 0 Å². The smallest absolute Gasteiger partial charge is 0.00482 e. The van der Waals surface area contributed by atoms with Gasteiger partial charge in [-0.25, -0.2) is 0 Å². The van der Waals surface area contributed by atoms with E-state index in [1.807, 2.05) is 0 Å². The van der Waals surface area contributed by atoms with Crippen LogP contribution in [0.1, 0.15) is 39.5 Å². The van der Waals surface area contributed by atoms with Gasteiger partial charge in [-0.3, -0.25) is 0 Å². The van der Waals surface area contributed by atoms with Gasteiger partial charge < -0.3 is 11.1 Å². The highest BCUT2D eigenvalue weighted by Crippen LogP contribution is 2.28. The third-order valence-electron chi connectivity index (χ3n) is 3.32. The first kappa shape index (κ1) is 11.0. The van der Waals surface area contributed by atoms with E-state index in [0.717, 1.165) is 12.5 Å². The molecule has 0 aromatic heterocycles. The average molecular weight is 184 g/mol. The van der Waals surface area contributed by atoms with Crippen LogP contribution in [0.15, 0.2) is 0 Å². The second-order valence-corrected chi connectivity index (χ2v) is 4.63. The normalized spacial score (nSPS) is 22.4. The molecule has 2 unspecified atom stereocenters. The Morgan fingerprint density at radius 1 is 1.38 bits per heavy atom. The van der Waals surface area contributed by atoms with Gasteiger partial charge in [-0.05, 0) is 38.3 Å². The molecule has 0 heterocycles. The summed E-state index contributed by atoms with van der Waals surface area (Å²) in [6.45, 7) is 6.55. The molecular weight excluding hydrogens is 160 g/mol. The van der Waals surface area contributed by atoms with Crippen LogP contribution in [-0.4, -0.2) is 19.1 Å². The Bertz CT molecular complexity index is 130. The third-order valence-corrected chi connectivity index (χ3v) is 3.32. The van der Waals surface area contributed by atoms with E-state index in [0.29, 0.717) is 12.0 Å². The highest BCUT2D eigenvalue weighted by atomic mass is 14.9. The molecule has 0 aromatic rings. The van der Waals surface area contributed by atoms with Crippen molar-refractivity contribution in [3.8, 4) is 0 Å². The maximum Gasteiger partial charge on any atom is 0.00482 e. The zero-order valence-electron chi connectivity index (χ0n) is 9.05. The van der Waals surface area contributed by atoms with E-state index < -0.39 is 0 Å². The lowest BCUT2D eigenvalue weighted by atomic mass is 9.83. The van der Waals surface area contributed by atoms with Crippen molar-refractivity contribution >= 4 is 0 Å². The van der Waals surface area contributed by atoms with Gasteiger partial charge in [0.2, 0.25) is 0 Å². The average Bonchev–Trinajstić information content (AvgIpc) is 2.00. The van der Waals surface area contributed by atoms with Crippen molar-refractivity contribution in [2.75, 3.05) is 13.1 Å². The molecule has 0 spiro atoms. The summed E-state index contributed by atoms with van der Waals surface area (Å²) in [6.07, 6.45) is 5.75. The molecule has 3 N–H and O–H groups in total. The van der Waals surface area contributed by atoms with Crippen LogP contribution in [-0.2, 0) is 0 Å². The van der Waals surface area contributed by atoms with Gasteiger partial charge in [0.15, 0.2) is 0 Å². The van der Waals surface area contributed by atoms with Gasteiger partial charge in [0.25, 0.3) is 0 Å². The van der Waals surface area contributed by atoms with E-state index in [4.69, 9.17) is 5.73 Å². The van der Waals surface area contributed by atoms with Crippen molar-refractivity contribution in [3.63, 3.8) is 0 Å². The summed E-state index contributed by atoms with van der Waals surface area (Å²) in [6, 6.07) is 0.316. The van der Waals surface area contributed by atoms with Crippen LogP contribution in [0.5, 0.6) is 0 Å². The van der Waals surface area contributed by atoms with Gasteiger partial charge in [0, 0.05) is 6.04 Å². The van der Waals surface area contributed by atoms with Gasteiger partial charge in [-0.2, -0.15) is 0 Å². The van der Waals surface area contributed by atoms with Crippen molar-refractivity contribution in [1.82, 2.24) is 5.32 Å². The Kier molecular flexibility index (Phi) is 4.74. The predicted molar refractivity (Wildman–Crippen MR) is 57.6 cm³/mol. The van der Waals surface area contributed by atoms with Gasteiger partial charge >= 0.3 is 0 Å². The topological polar surface area (TPSA) is 38.0 Å². The maximum absolute atomic E-state index is 5.78. The van der Waals surface area contributed by atoms with E-state index in [9.17, 15) is 0 Å². The Balaban J connectivity index is 1.88. The molecule has 1 saturated carbocycles. The SMILES string of the molecule is CC(N)C(C)CNCCC1CCC1. The summed E-state index contributed by atoms with van der Waals surface area (Å²) in [5, 5.41) is 3.49. The fourth-order valence-corrected chi connectivity index (χ4v) is 1.60. The molecule has 0 saturated heterocycles. The summed E-state index contributed by atoms with van der Waals surface area (Å²) in [5.74, 6) is 1.62. The summed E-state index contributed by atoms with van der Waals surface area (Å²) in [5.41, 5.74) is 5.78. The molecule has 2 nitrogen and oxygen atoms in total. The highest BCUT2D eigenvalue weighted by Gasteiger charge is 2.16. The molecule has 0 radical (unpaired) electrons. The van der Waals surface area contributed by atoms with Gasteiger partial charge in [0.05, 0.1) is 0 Å². The van der Waals surface area contributed by atoms with Crippen molar-refractivity contribution < 1.29 is 0 Å². The fourth-order valence-electron chi connectivity index (χ4n) is 1.60. The van der Waals surface area contributed by atoms with Gasteiger partial charge in [-0.1, -0.05) is 26.2 Å². The molecule has 2 heteroatoms. The predicted octanol–water partition coefficient (Wildman–Crippen LogP) is 1.75. The number of nitrogens with two attached hydrogens (primary N) is 1. The summed E-state index contributed by atoms with van der Waals surface area (Å²) < 4.78 is 0. The van der Waals surface area contributed by atoms with E-state index in [1.54, 1.807) is 0 Å². The van der Waals surface area contributed by atoms with E-state index in [-0.39, 0.29) is 0 Å². The van der Waals surface area contributed by atoms with Crippen molar-refractivity contribution in [3.05, 3.63) is 0 Å². The molecule has 13 heavy (non-hydrogen) atoms. The molecule has 1 rings (SSSR count). The standard InChI is InChI=1S/C11H24N2/c1-9(10(2)12)8-13-7-6-11-4-3-5-11/h9-11,13H,3-8,12H2,1-2H3. The summed E-state index contributed by atoms with van der Waals surface area (Å²) in [7, 11) is 0.